The van der Waals surface area contributed by atoms with Crippen LogP contribution in [0.3, 0.4) is 0 Å². The molecular formula is C9H12F6O. The zero-order chi connectivity index (χ0) is 12.8. The second kappa shape index (κ2) is 3.51. The van der Waals surface area contributed by atoms with Gasteiger partial charge in [0.25, 0.3) is 11.6 Å². The smallest absolute Gasteiger partial charge is 0.322 e. The van der Waals surface area contributed by atoms with Crippen LogP contribution in [0.4, 0.5) is 26.3 Å². The molecule has 1 aliphatic rings. The van der Waals surface area contributed by atoms with Gasteiger partial charge in [0.2, 0.25) is 0 Å². The Morgan fingerprint density at radius 2 is 1.62 bits per heavy atom. The van der Waals surface area contributed by atoms with Crippen LogP contribution in [-0.4, -0.2) is 36.4 Å². The molecular weight excluding hydrogens is 238 g/mol. The lowest BCUT2D eigenvalue weighted by atomic mass is 9.82. The molecule has 1 fully saturated rings. The Kier molecular flexibility index (Phi) is 2.99. The van der Waals surface area contributed by atoms with Crippen molar-refractivity contribution in [3.8, 4) is 0 Å². The van der Waals surface area contributed by atoms with E-state index >= 15 is 0 Å². The van der Waals surface area contributed by atoms with Crippen LogP contribution in [0, 0.1) is 0 Å². The second-order valence-electron chi connectivity index (χ2n) is 4.26. The topological polar surface area (TPSA) is 9.23 Å². The molecule has 16 heavy (non-hydrogen) atoms. The largest absolute Gasteiger partial charge is 0.377 e. The minimum absolute atomic E-state index is 0.00826. The van der Waals surface area contributed by atoms with E-state index in [1.165, 1.54) is 0 Å². The summed E-state index contributed by atoms with van der Waals surface area (Å²) in [4.78, 5) is 0. The maximum absolute atomic E-state index is 13.7. The summed E-state index contributed by atoms with van der Waals surface area (Å²) in [6, 6.07) is 0. The van der Waals surface area contributed by atoms with Gasteiger partial charge < -0.3 is 4.74 Å². The third-order valence-electron chi connectivity index (χ3n) is 2.87. The van der Waals surface area contributed by atoms with E-state index in [1.54, 1.807) is 0 Å². The number of ether oxygens (including phenoxy) is 1. The highest BCUT2D eigenvalue weighted by atomic mass is 19.3. The Morgan fingerprint density at radius 1 is 1.12 bits per heavy atom. The molecule has 0 aromatic heterocycles. The van der Waals surface area contributed by atoms with Crippen LogP contribution in [0.1, 0.15) is 20.3 Å². The first-order valence-electron chi connectivity index (χ1n) is 4.67. The normalized spacial score (nSPS) is 40.5. The van der Waals surface area contributed by atoms with Crippen LogP contribution in [0.5, 0.6) is 0 Å². The third kappa shape index (κ3) is 1.69. The van der Waals surface area contributed by atoms with E-state index in [0.29, 0.717) is 6.92 Å². The number of halogens is 6. The molecule has 0 saturated carbocycles. The minimum atomic E-state index is -4.81. The van der Waals surface area contributed by atoms with Gasteiger partial charge in [-0.15, -0.1) is 0 Å². The Balaban J connectivity index is 3.26. The van der Waals surface area contributed by atoms with Gasteiger partial charge >= 0.3 is 5.92 Å². The first-order valence-corrected chi connectivity index (χ1v) is 4.67. The van der Waals surface area contributed by atoms with Crippen molar-refractivity contribution in [1.82, 2.24) is 0 Å². The van der Waals surface area contributed by atoms with Crippen LogP contribution in [0.15, 0.2) is 0 Å². The van der Waals surface area contributed by atoms with E-state index in [2.05, 4.69) is 4.74 Å². The average molecular weight is 250 g/mol. The first kappa shape index (κ1) is 13.6. The number of alkyl halides is 6. The predicted octanol–water partition coefficient (Wildman–Crippen LogP) is 3.13. The summed E-state index contributed by atoms with van der Waals surface area (Å²) in [5.41, 5.74) is -7.70. The highest BCUT2D eigenvalue weighted by Crippen LogP contribution is 2.53. The van der Waals surface area contributed by atoms with E-state index in [9.17, 15) is 26.3 Å². The molecule has 1 aliphatic heterocycles. The molecule has 96 valence electrons. The van der Waals surface area contributed by atoms with Gasteiger partial charge in [-0.1, -0.05) is 0 Å². The maximum Gasteiger partial charge on any atom is 0.322 e. The van der Waals surface area contributed by atoms with E-state index in [4.69, 9.17) is 0 Å². The predicted molar refractivity (Wildman–Crippen MR) is 44.4 cm³/mol. The molecule has 0 N–H and O–H groups in total. The summed E-state index contributed by atoms with van der Waals surface area (Å²) in [7, 11) is 0. The zero-order valence-electron chi connectivity index (χ0n) is 8.80. The summed E-state index contributed by atoms with van der Waals surface area (Å²) < 4.78 is 84.4. The molecule has 2 unspecified atom stereocenters. The van der Waals surface area contributed by atoms with Crippen LogP contribution in [0.2, 0.25) is 0 Å². The van der Waals surface area contributed by atoms with Gasteiger partial charge in [-0.3, -0.25) is 0 Å². The lowest BCUT2D eigenvalue weighted by molar-refractivity contribution is -0.286. The van der Waals surface area contributed by atoms with Crippen LogP contribution in [-0.2, 0) is 4.74 Å². The first-order chi connectivity index (χ1) is 6.96. The molecule has 0 aromatic carbocycles. The molecule has 1 heterocycles. The molecule has 1 saturated heterocycles. The summed E-state index contributed by atoms with van der Waals surface area (Å²) in [6.07, 6.45) is -0.832. The average Bonchev–Trinajstić information content (AvgIpc) is 2.15. The Labute approximate surface area is 88.8 Å². The van der Waals surface area contributed by atoms with Crippen molar-refractivity contribution in [2.24, 2.45) is 0 Å². The number of hydrogen-bond donors (Lipinski definition) is 0. The molecule has 2 atom stereocenters. The molecule has 0 spiro atoms. The molecule has 1 nitrogen and oxygen atoms in total. The molecule has 0 aromatic rings. The van der Waals surface area contributed by atoms with Crippen molar-refractivity contribution in [1.29, 1.82) is 0 Å². The third-order valence-corrected chi connectivity index (χ3v) is 2.87. The minimum Gasteiger partial charge on any atom is -0.377 e. The summed E-state index contributed by atoms with van der Waals surface area (Å²) >= 11 is 0. The fourth-order valence-corrected chi connectivity index (χ4v) is 1.54. The SMILES string of the molecule is CC(F)(F)C1(F)COCCC(C)(F)C1(F)F. The highest BCUT2D eigenvalue weighted by molar-refractivity contribution is 5.11. The van der Waals surface area contributed by atoms with Gasteiger partial charge in [0, 0.05) is 13.3 Å². The zero-order valence-corrected chi connectivity index (χ0v) is 8.80. The monoisotopic (exact) mass is 250 g/mol. The van der Waals surface area contributed by atoms with Crippen LogP contribution >= 0.6 is 0 Å². The summed E-state index contributed by atoms with van der Waals surface area (Å²) in [5, 5.41) is 0. The molecule has 0 bridgehead atoms. The van der Waals surface area contributed by atoms with Gasteiger partial charge in [0.05, 0.1) is 13.2 Å². The summed E-state index contributed by atoms with van der Waals surface area (Å²) in [5.74, 6) is -9.21. The van der Waals surface area contributed by atoms with Crippen LogP contribution < -0.4 is 0 Å². The Bertz CT molecular complexity index is 272. The second-order valence-corrected chi connectivity index (χ2v) is 4.26. The summed E-state index contributed by atoms with van der Waals surface area (Å²) in [6.45, 7) is -1.65. The van der Waals surface area contributed by atoms with Gasteiger partial charge in [-0.2, -0.15) is 8.78 Å². The Hall–Kier alpha value is -0.460. The van der Waals surface area contributed by atoms with E-state index in [1.807, 2.05) is 0 Å². The lowest BCUT2D eigenvalue weighted by Crippen LogP contribution is -2.65. The highest BCUT2D eigenvalue weighted by Gasteiger charge is 2.75. The van der Waals surface area contributed by atoms with Crippen molar-refractivity contribution >= 4 is 0 Å². The van der Waals surface area contributed by atoms with Gasteiger partial charge in [0.1, 0.15) is 0 Å². The van der Waals surface area contributed by atoms with Crippen molar-refractivity contribution < 1.29 is 31.1 Å². The quantitative estimate of drug-likeness (QED) is 0.650. The van der Waals surface area contributed by atoms with Gasteiger partial charge in [-0.05, 0) is 6.92 Å². The Morgan fingerprint density at radius 3 is 2.06 bits per heavy atom. The van der Waals surface area contributed by atoms with E-state index < -0.39 is 42.8 Å². The molecule has 7 heteroatoms. The van der Waals surface area contributed by atoms with E-state index in [-0.39, 0.29) is 6.92 Å². The maximum atomic E-state index is 13.7. The van der Waals surface area contributed by atoms with Crippen molar-refractivity contribution in [3.63, 3.8) is 0 Å². The van der Waals surface area contributed by atoms with Gasteiger partial charge in [0.15, 0.2) is 5.67 Å². The molecule has 0 aliphatic carbocycles. The van der Waals surface area contributed by atoms with Crippen molar-refractivity contribution in [2.75, 3.05) is 13.2 Å². The lowest BCUT2D eigenvalue weighted by Gasteiger charge is -2.40. The fraction of sp³-hybridized carbons (Fsp3) is 1.00. The fourth-order valence-electron chi connectivity index (χ4n) is 1.54. The number of rotatable bonds is 1. The van der Waals surface area contributed by atoms with Crippen molar-refractivity contribution in [3.05, 3.63) is 0 Å². The molecule has 0 amide bonds. The van der Waals surface area contributed by atoms with E-state index in [0.717, 1.165) is 0 Å². The molecule has 0 radical (unpaired) electrons. The van der Waals surface area contributed by atoms with Crippen molar-refractivity contribution in [2.45, 2.75) is 43.5 Å². The van der Waals surface area contributed by atoms with Gasteiger partial charge in [-0.25, -0.2) is 17.6 Å². The molecule has 1 rings (SSSR count). The van der Waals surface area contributed by atoms with Crippen LogP contribution in [0.25, 0.3) is 0 Å². The number of hydrogen-bond acceptors (Lipinski definition) is 1. The standard InChI is InChI=1S/C9H12F6O/c1-6(10)3-4-16-5-8(13,7(2,11)12)9(6,14)15/h3-5H2,1-2H3.